The van der Waals surface area contributed by atoms with Gasteiger partial charge in [0.2, 0.25) is 5.91 Å². The first-order valence-electron chi connectivity index (χ1n) is 10.1. The number of nitrogens with zero attached hydrogens (tertiary/aromatic N) is 1. The summed E-state index contributed by atoms with van der Waals surface area (Å²) in [6.45, 7) is 5.77. The van der Waals surface area contributed by atoms with E-state index in [2.05, 4.69) is 5.32 Å². The molecule has 0 aliphatic heterocycles. The van der Waals surface area contributed by atoms with Crippen molar-refractivity contribution in [1.29, 1.82) is 0 Å². The lowest BCUT2D eigenvalue weighted by Crippen LogP contribution is -2.39. The predicted octanol–water partition coefficient (Wildman–Crippen LogP) is 4.57. The molecule has 0 radical (unpaired) electrons. The quantitative estimate of drug-likeness (QED) is 0.457. The van der Waals surface area contributed by atoms with E-state index in [1.807, 2.05) is 61.0 Å². The molecule has 0 aliphatic carbocycles. The number of hydrogen-bond donors (Lipinski definition) is 1. The van der Waals surface area contributed by atoms with Crippen LogP contribution in [0.1, 0.15) is 34.0 Å². The molecule has 31 heavy (non-hydrogen) atoms. The topological polar surface area (TPSA) is 67.9 Å². The van der Waals surface area contributed by atoms with Crippen LogP contribution in [-0.4, -0.2) is 36.4 Å². The van der Waals surface area contributed by atoms with Crippen LogP contribution in [0.5, 0.6) is 11.5 Å². The molecule has 0 saturated heterocycles. The van der Waals surface area contributed by atoms with Gasteiger partial charge in [0.15, 0.2) is 11.5 Å². The van der Waals surface area contributed by atoms with E-state index in [1.165, 1.54) is 11.3 Å². The van der Waals surface area contributed by atoms with Crippen LogP contribution in [0.2, 0.25) is 0 Å². The van der Waals surface area contributed by atoms with Gasteiger partial charge >= 0.3 is 0 Å². The summed E-state index contributed by atoms with van der Waals surface area (Å²) in [5.74, 6) is 0.969. The van der Waals surface area contributed by atoms with Gasteiger partial charge in [0.25, 0.3) is 5.91 Å². The molecule has 0 aliphatic rings. The zero-order chi connectivity index (χ0) is 22.1. The molecule has 2 aromatic heterocycles. The third kappa shape index (κ3) is 6.57. The van der Waals surface area contributed by atoms with E-state index >= 15 is 0 Å². The van der Waals surface area contributed by atoms with Crippen molar-refractivity contribution in [2.24, 2.45) is 0 Å². The van der Waals surface area contributed by atoms with Gasteiger partial charge in [-0.2, -0.15) is 0 Å². The van der Waals surface area contributed by atoms with Gasteiger partial charge < -0.3 is 19.7 Å². The normalized spacial score (nSPS) is 10.5. The second kappa shape index (κ2) is 11.5. The first kappa shape index (κ1) is 22.8. The standard InChI is InChI=1S/C23H26N2O4S2/c1-3-25(22(26)14-24-23(27)21-8-6-12-31-21)15-17-9-10-19(20(13-17)28-4-2)29-16-18-7-5-11-30-18/h5-13H,3-4,14-16H2,1-2H3,(H,24,27). The Balaban J connectivity index is 1.61. The fourth-order valence-corrected chi connectivity index (χ4v) is 4.20. The number of nitrogens with one attached hydrogen (secondary N) is 1. The number of rotatable bonds is 11. The van der Waals surface area contributed by atoms with E-state index in [-0.39, 0.29) is 18.4 Å². The Morgan fingerprint density at radius 1 is 1.00 bits per heavy atom. The van der Waals surface area contributed by atoms with Crippen molar-refractivity contribution < 1.29 is 19.1 Å². The van der Waals surface area contributed by atoms with E-state index in [0.29, 0.717) is 42.7 Å². The summed E-state index contributed by atoms with van der Waals surface area (Å²) in [5.41, 5.74) is 0.937. The van der Waals surface area contributed by atoms with Gasteiger partial charge in [0.05, 0.1) is 18.0 Å². The molecule has 1 aromatic carbocycles. The lowest BCUT2D eigenvalue weighted by atomic mass is 10.2. The third-order valence-electron chi connectivity index (χ3n) is 4.51. The average molecular weight is 459 g/mol. The molecule has 0 saturated carbocycles. The fraction of sp³-hybridized carbons (Fsp3) is 0.304. The lowest BCUT2D eigenvalue weighted by molar-refractivity contribution is -0.130. The Hall–Kier alpha value is -2.84. The summed E-state index contributed by atoms with van der Waals surface area (Å²) in [6, 6.07) is 13.3. The average Bonchev–Trinajstić information content (AvgIpc) is 3.49. The minimum atomic E-state index is -0.231. The maximum Gasteiger partial charge on any atom is 0.261 e. The molecule has 1 N–H and O–H groups in total. The van der Waals surface area contributed by atoms with Crippen molar-refractivity contribution >= 4 is 34.5 Å². The number of ether oxygens (including phenoxy) is 2. The second-order valence-corrected chi connectivity index (χ2v) is 8.63. The number of benzene rings is 1. The van der Waals surface area contributed by atoms with Crippen molar-refractivity contribution in [2.75, 3.05) is 19.7 Å². The van der Waals surface area contributed by atoms with Crippen LogP contribution < -0.4 is 14.8 Å². The fourth-order valence-electron chi connectivity index (χ4n) is 2.94. The molecule has 0 bridgehead atoms. The van der Waals surface area contributed by atoms with Crippen LogP contribution in [-0.2, 0) is 17.9 Å². The highest BCUT2D eigenvalue weighted by Crippen LogP contribution is 2.30. The highest BCUT2D eigenvalue weighted by atomic mass is 32.1. The summed E-state index contributed by atoms with van der Waals surface area (Å²) in [6.07, 6.45) is 0. The van der Waals surface area contributed by atoms with Crippen molar-refractivity contribution in [3.05, 3.63) is 68.5 Å². The van der Waals surface area contributed by atoms with E-state index in [1.54, 1.807) is 22.3 Å². The predicted molar refractivity (Wildman–Crippen MR) is 124 cm³/mol. The zero-order valence-corrected chi connectivity index (χ0v) is 19.3. The zero-order valence-electron chi connectivity index (χ0n) is 17.6. The van der Waals surface area contributed by atoms with E-state index < -0.39 is 0 Å². The van der Waals surface area contributed by atoms with Crippen molar-refractivity contribution in [3.63, 3.8) is 0 Å². The number of hydrogen-bond acceptors (Lipinski definition) is 6. The number of carbonyl (C=O) groups excluding carboxylic acids is 2. The number of thiophene rings is 2. The minimum absolute atomic E-state index is 0.0368. The Labute approximate surface area is 190 Å². The molecular formula is C23H26N2O4S2. The first-order chi connectivity index (χ1) is 15.1. The van der Waals surface area contributed by atoms with Crippen molar-refractivity contribution in [2.45, 2.75) is 27.0 Å². The van der Waals surface area contributed by atoms with Crippen LogP contribution in [0.4, 0.5) is 0 Å². The smallest absolute Gasteiger partial charge is 0.261 e. The molecule has 6 nitrogen and oxygen atoms in total. The molecule has 3 aromatic rings. The summed E-state index contributed by atoms with van der Waals surface area (Å²) in [5, 5.41) is 6.54. The van der Waals surface area contributed by atoms with Gasteiger partial charge in [0.1, 0.15) is 6.61 Å². The summed E-state index contributed by atoms with van der Waals surface area (Å²) >= 11 is 2.99. The molecule has 0 atom stereocenters. The highest BCUT2D eigenvalue weighted by Gasteiger charge is 2.16. The number of likely N-dealkylation sites (N-methyl/N-ethyl adjacent to an activating group) is 1. The maximum absolute atomic E-state index is 12.6. The molecular weight excluding hydrogens is 432 g/mol. The van der Waals surface area contributed by atoms with E-state index in [9.17, 15) is 9.59 Å². The van der Waals surface area contributed by atoms with Gasteiger partial charge in [-0.1, -0.05) is 18.2 Å². The Morgan fingerprint density at radius 2 is 1.81 bits per heavy atom. The lowest BCUT2D eigenvalue weighted by Gasteiger charge is -2.22. The first-order valence-corrected chi connectivity index (χ1v) is 11.9. The third-order valence-corrected chi connectivity index (χ3v) is 6.23. The molecule has 164 valence electrons. The maximum atomic E-state index is 12.6. The number of amides is 2. The van der Waals surface area contributed by atoms with Crippen LogP contribution in [0.3, 0.4) is 0 Å². The molecule has 2 heterocycles. The van der Waals surface area contributed by atoms with Gasteiger partial charge in [-0.25, -0.2) is 0 Å². The Kier molecular flexibility index (Phi) is 8.49. The molecule has 0 fully saturated rings. The largest absolute Gasteiger partial charge is 0.490 e. The SMILES string of the molecule is CCOc1cc(CN(CC)C(=O)CNC(=O)c2cccs2)ccc1OCc1cccs1. The van der Waals surface area contributed by atoms with Gasteiger partial charge in [-0.15, -0.1) is 22.7 Å². The van der Waals surface area contributed by atoms with E-state index in [4.69, 9.17) is 9.47 Å². The van der Waals surface area contributed by atoms with Crippen LogP contribution in [0, 0.1) is 0 Å². The summed E-state index contributed by atoms with van der Waals surface area (Å²) in [4.78, 5) is 28.1. The Morgan fingerprint density at radius 3 is 2.48 bits per heavy atom. The van der Waals surface area contributed by atoms with E-state index in [0.717, 1.165) is 10.4 Å². The highest BCUT2D eigenvalue weighted by molar-refractivity contribution is 7.12. The number of carbonyl (C=O) groups is 2. The molecule has 0 unspecified atom stereocenters. The van der Waals surface area contributed by atoms with Crippen LogP contribution in [0.15, 0.2) is 53.2 Å². The van der Waals surface area contributed by atoms with Crippen LogP contribution in [0.25, 0.3) is 0 Å². The van der Waals surface area contributed by atoms with Crippen molar-refractivity contribution in [1.82, 2.24) is 10.2 Å². The molecule has 3 rings (SSSR count). The van der Waals surface area contributed by atoms with Gasteiger partial charge in [-0.3, -0.25) is 9.59 Å². The summed E-state index contributed by atoms with van der Waals surface area (Å²) < 4.78 is 11.7. The monoisotopic (exact) mass is 458 g/mol. The van der Waals surface area contributed by atoms with Gasteiger partial charge in [0, 0.05) is 18.0 Å². The van der Waals surface area contributed by atoms with Crippen LogP contribution >= 0.6 is 22.7 Å². The molecule has 2 amide bonds. The van der Waals surface area contributed by atoms with Gasteiger partial charge in [-0.05, 0) is 54.4 Å². The summed E-state index contributed by atoms with van der Waals surface area (Å²) in [7, 11) is 0. The molecule has 8 heteroatoms. The molecule has 0 spiro atoms. The second-order valence-electron chi connectivity index (χ2n) is 6.65. The minimum Gasteiger partial charge on any atom is -0.490 e. The Bertz CT molecular complexity index is 972. The van der Waals surface area contributed by atoms with Crippen molar-refractivity contribution in [3.8, 4) is 11.5 Å².